The summed E-state index contributed by atoms with van der Waals surface area (Å²) in [5.74, 6) is 0. The van der Waals surface area contributed by atoms with Gasteiger partial charge >= 0.3 is 0 Å². The Kier molecular flexibility index (Phi) is 3.19. The molecule has 0 bridgehead atoms. The summed E-state index contributed by atoms with van der Waals surface area (Å²) in [6.45, 7) is 4.00. The van der Waals surface area contributed by atoms with E-state index in [2.05, 4.69) is 37.8 Å². The fourth-order valence-corrected chi connectivity index (χ4v) is 2.13. The van der Waals surface area contributed by atoms with Crippen molar-refractivity contribution in [3.05, 3.63) is 58.1 Å². The van der Waals surface area contributed by atoms with E-state index in [9.17, 15) is 4.79 Å². The molecule has 0 spiro atoms. The van der Waals surface area contributed by atoms with Crippen molar-refractivity contribution in [2.45, 2.75) is 6.54 Å². The monoisotopic (exact) mass is 331 g/mol. The van der Waals surface area contributed by atoms with Gasteiger partial charge in [-0.1, -0.05) is 27.2 Å². The maximum Gasteiger partial charge on any atom is 0.283 e. The Morgan fingerprint density at radius 2 is 2.05 bits per heavy atom. The Hall–Kier alpha value is -2.28. The van der Waals surface area contributed by atoms with Gasteiger partial charge in [-0.15, -0.1) is 11.7 Å². The van der Waals surface area contributed by atoms with Crippen molar-refractivity contribution in [2.75, 3.05) is 0 Å². The highest BCUT2D eigenvalue weighted by Gasteiger charge is 2.12. The number of hydrogen-bond donors (Lipinski definition) is 0. The lowest BCUT2D eigenvalue weighted by Gasteiger charge is -2.03. The van der Waals surface area contributed by atoms with Crippen molar-refractivity contribution in [1.29, 1.82) is 0 Å². The third-order valence-corrected chi connectivity index (χ3v) is 3.36. The highest BCUT2D eigenvalue weighted by Crippen LogP contribution is 2.15. The van der Waals surface area contributed by atoms with Gasteiger partial charge in [-0.2, -0.15) is 4.68 Å². The van der Waals surface area contributed by atoms with Gasteiger partial charge in [-0.3, -0.25) is 9.36 Å². The van der Waals surface area contributed by atoms with Crippen molar-refractivity contribution in [2.24, 2.45) is 0 Å². The van der Waals surface area contributed by atoms with E-state index in [0.717, 1.165) is 10.2 Å². The lowest BCUT2D eigenvalue weighted by molar-refractivity contribution is 0.764. The number of nitrogens with zero attached hydrogens (tertiary/aromatic N) is 5. The first-order valence-electron chi connectivity index (χ1n) is 5.88. The Balaban J connectivity index is 2.19. The second kappa shape index (κ2) is 5.01. The minimum atomic E-state index is -0.224. The fourth-order valence-electron chi connectivity index (χ4n) is 1.87. The average molecular weight is 332 g/mol. The molecule has 0 unspecified atom stereocenters. The van der Waals surface area contributed by atoms with E-state index in [1.165, 1.54) is 10.9 Å². The lowest BCUT2D eigenvalue weighted by atomic mass is 10.3. The van der Waals surface area contributed by atoms with Gasteiger partial charge in [-0.25, -0.2) is 4.98 Å². The molecule has 0 atom stereocenters. The number of hydrogen-bond acceptors (Lipinski definition) is 4. The summed E-state index contributed by atoms with van der Waals surface area (Å²) in [4.78, 5) is 16.4. The number of benzene rings is 1. The van der Waals surface area contributed by atoms with Gasteiger partial charge in [0.05, 0.1) is 5.69 Å². The third kappa shape index (κ3) is 2.05. The third-order valence-electron chi connectivity index (χ3n) is 2.83. The van der Waals surface area contributed by atoms with Crippen LogP contribution in [0.25, 0.3) is 16.9 Å². The zero-order valence-electron chi connectivity index (χ0n) is 10.4. The van der Waals surface area contributed by atoms with Gasteiger partial charge < -0.3 is 0 Å². The Morgan fingerprint density at radius 3 is 2.75 bits per heavy atom. The average Bonchev–Trinajstić information content (AvgIpc) is 2.88. The van der Waals surface area contributed by atoms with Crippen LogP contribution in [0.5, 0.6) is 0 Å². The van der Waals surface area contributed by atoms with Crippen LogP contribution >= 0.6 is 15.9 Å². The zero-order chi connectivity index (χ0) is 14.1. The molecule has 0 fully saturated rings. The molecule has 3 rings (SSSR count). The van der Waals surface area contributed by atoms with E-state index in [0.29, 0.717) is 12.2 Å². The van der Waals surface area contributed by atoms with E-state index < -0.39 is 0 Å². The molecule has 7 heteroatoms. The van der Waals surface area contributed by atoms with Crippen LogP contribution < -0.4 is 5.56 Å². The zero-order valence-corrected chi connectivity index (χ0v) is 12.0. The van der Waals surface area contributed by atoms with Crippen LogP contribution in [-0.4, -0.2) is 24.5 Å². The van der Waals surface area contributed by atoms with Gasteiger partial charge in [-0.05, 0) is 24.3 Å². The molecule has 0 radical (unpaired) electrons. The van der Waals surface area contributed by atoms with Crippen LogP contribution in [0, 0.1) is 0 Å². The molecule has 0 saturated heterocycles. The van der Waals surface area contributed by atoms with E-state index in [1.807, 2.05) is 24.3 Å². The van der Waals surface area contributed by atoms with Crippen LogP contribution in [0.4, 0.5) is 0 Å². The first kappa shape index (κ1) is 12.7. The molecule has 2 heterocycles. The van der Waals surface area contributed by atoms with Gasteiger partial charge in [0.2, 0.25) is 0 Å². The highest BCUT2D eigenvalue weighted by molar-refractivity contribution is 9.10. The van der Waals surface area contributed by atoms with Crippen molar-refractivity contribution in [3.8, 4) is 5.69 Å². The molecule has 2 aromatic heterocycles. The lowest BCUT2D eigenvalue weighted by Crippen LogP contribution is -2.20. The molecule has 0 aliphatic carbocycles. The summed E-state index contributed by atoms with van der Waals surface area (Å²) in [6, 6.07) is 7.52. The maximum absolute atomic E-state index is 12.2. The van der Waals surface area contributed by atoms with Gasteiger partial charge in [0, 0.05) is 11.0 Å². The molecule has 0 aliphatic rings. The summed E-state index contributed by atoms with van der Waals surface area (Å²) < 4.78 is 3.95. The molecule has 0 saturated carbocycles. The summed E-state index contributed by atoms with van der Waals surface area (Å²) in [5, 5.41) is 7.94. The molecule has 0 N–H and O–H groups in total. The Bertz CT molecular complexity index is 834. The van der Waals surface area contributed by atoms with E-state index >= 15 is 0 Å². The molecule has 3 aromatic rings. The predicted molar refractivity (Wildman–Crippen MR) is 78.8 cm³/mol. The van der Waals surface area contributed by atoms with E-state index in [-0.39, 0.29) is 11.1 Å². The van der Waals surface area contributed by atoms with Crippen molar-refractivity contribution in [3.63, 3.8) is 0 Å². The second-order valence-electron chi connectivity index (χ2n) is 4.14. The Labute approximate surface area is 122 Å². The Morgan fingerprint density at radius 1 is 1.30 bits per heavy atom. The number of aromatic nitrogens is 5. The van der Waals surface area contributed by atoms with Crippen LogP contribution in [0.3, 0.4) is 0 Å². The summed E-state index contributed by atoms with van der Waals surface area (Å²) in [7, 11) is 0. The van der Waals surface area contributed by atoms with Crippen molar-refractivity contribution >= 4 is 27.1 Å². The molecule has 20 heavy (non-hydrogen) atoms. The summed E-state index contributed by atoms with van der Waals surface area (Å²) >= 11 is 3.37. The van der Waals surface area contributed by atoms with E-state index in [4.69, 9.17) is 0 Å². The van der Waals surface area contributed by atoms with Crippen LogP contribution in [0.1, 0.15) is 0 Å². The standard InChI is InChI=1S/C13H10BrN5O/c1-2-7-18-8-15-12-11(13(18)20)16-17-19(12)10-5-3-9(14)4-6-10/h2-6,8H,1,7H2. The fraction of sp³-hybridized carbons (Fsp3) is 0.0769. The van der Waals surface area contributed by atoms with Crippen molar-refractivity contribution < 1.29 is 0 Å². The first-order chi connectivity index (χ1) is 9.70. The number of allylic oxidation sites excluding steroid dienone is 1. The molecule has 0 amide bonds. The van der Waals surface area contributed by atoms with Crippen LogP contribution in [0.15, 0.2) is 52.5 Å². The van der Waals surface area contributed by atoms with Gasteiger partial charge in [0.15, 0.2) is 11.2 Å². The summed E-state index contributed by atoms with van der Waals surface area (Å²) in [6.07, 6.45) is 3.11. The quantitative estimate of drug-likeness (QED) is 0.688. The second-order valence-corrected chi connectivity index (χ2v) is 5.06. The maximum atomic E-state index is 12.2. The number of halogens is 1. The first-order valence-corrected chi connectivity index (χ1v) is 6.67. The number of fused-ring (bicyclic) bond motifs is 1. The minimum absolute atomic E-state index is 0.224. The topological polar surface area (TPSA) is 65.6 Å². The molecule has 0 aliphatic heterocycles. The smallest absolute Gasteiger partial charge is 0.283 e. The van der Waals surface area contributed by atoms with E-state index in [1.54, 1.807) is 10.8 Å². The van der Waals surface area contributed by atoms with Gasteiger partial charge in [0.1, 0.15) is 6.33 Å². The highest BCUT2D eigenvalue weighted by atomic mass is 79.9. The molecular formula is C13H10BrN5O. The molecular weight excluding hydrogens is 322 g/mol. The predicted octanol–water partition coefficient (Wildman–Crippen LogP) is 1.93. The molecule has 6 nitrogen and oxygen atoms in total. The number of rotatable bonds is 3. The van der Waals surface area contributed by atoms with Crippen molar-refractivity contribution in [1.82, 2.24) is 24.5 Å². The van der Waals surface area contributed by atoms with Gasteiger partial charge in [0.25, 0.3) is 5.56 Å². The SMILES string of the molecule is C=CCn1cnc2c(nnn2-c2ccc(Br)cc2)c1=O. The largest absolute Gasteiger partial charge is 0.293 e. The van der Waals surface area contributed by atoms with Crippen LogP contribution in [-0.2, 0) is 6.54 Å². The normalized spacial score (nSPS) is 10.8. The molecule has 1 aromatic carbocycles. The van der Waals surface area contributed by atoms with Crippen LogP contribution in [0.2, 0.25) is 0 Å². The summed E-state index contributed by atoms with van der Waals surface area (Å²) in [5.41, 5.74) is 1.26. The minimum Gasteiger partial charge on any atom is -0.293 e. The molecule has 100 valence electrons.